The molecule has 27 heavy (non-hydrogen) atoms. The molecule has 3 heterocycles. The van der Waals surface area contributed by atoms with E-state index in [0.29, 0.717) is 29.3 Å². The van der Waals surface area contributed by atoms with E-state index in [9.17, 15) is 0 Å². The van der Waals surface area contributed by atoms with Crippen molar-refractivity contribution in [2.24, 2.45) is 10.8 Å². The lowest BCUT2D eigenvalue weighted by atomic mass is 10.0. The van der Waals surface area contributed by atoms with Crippen LogP contribution in [0.3, 0.4) is 0 Å². The summed E-state index contributed by atoms with van der Waals surface area (Å²) in [6, 6.07) is 7.21. The standard InChI is InChI=1S/C15H17N7O3S2/c1-23-9-4-2-3-8(5-9)21-15(27)22(20-19-21)11-6-10(17-18-14(16)26)13-24-7-12(11)25-13/h2-5,11-13H,6-7H2,1H3,(H3,16,18,26)/b17-10+/t11-,12+,13+/m1/s1. The monoisotopic (exact) mass is 407 g/mol. The number of aromatic nitrogens is 4. The molecular formula is C15H17N7O3S2. The van der Waals surface area contributed by atoms with E-state index in [0.717, 1.165) is 5.69 Å². The molecule has 2 fully saturated rings. The predicted octanol–water partition coefficient (Wildman–Crippen LogP) is 0.682. The van der Waals surface area contributed by atoms with Crippen LogP contribution in [0, 0.1) is 4.77 Å². The maximum atomic E-state index is 5.87. The van der Waals surface area contributed by atoms with Crippen molar-refractivity contribution >= 4 is 35.3 Å². The van der Waals surface area contributed by atoms with Gasteiger partial charge in [-0.3, -0.25) is 5.43 Å². The van der Waals surface area contributed by atoms with E-state index in [1.807, 2.05) is 24.3 Å². The molecule has 1 aromatic carbocycles. The summed E-state index contributed by atoms with van der Waals surface area (Å²) in [5.41, 5.74) is 9.41. The molecule has 0 amide bonds. The Labute approximate surface area is 164 Å². The number of hydrazone groups is 1. The fourth-order valence-corrected chi connectivity index (χ4v) is 3.44. The third kappa shape index (κ3) is 3.43. The van der Waals surface area contributed by atoms with Crippen LogP contribution in [0.1, 0.15) is 12.5 Å². The van der Waals surface area contributed by atoms with Gasteiger partial charge >= 0.3 is 0 Å². The van der Waals surface area contributed by atoms with Crippen molar-refractivity contribution in [3.05, 3.63) is 29.0 Å². The van der Waals surface area contributed by atoms with Gasteiger partial charge in [-0.25, -0.2) is 4.68 Å². The van der Waals surface area contributed by atoms with Crippen LogP contribution in [0.2, 0.25) is 0 Å². The minimum atomic E-state index is -0.518. The summed E-state index contributed by atoms with van der Waals surface area (Å²) in [5.74, 6) is 0.704. The van der Waals surface area contributed by atoms with Crippen LogP contribution in [0.25, 0.3) is 5.69 Å². The minimum Gasteiger partial charge on any atom is -0.497 e. The number of ether oxygens (including phenoxy) is 3. The van der Waals surface area contributed by atoms with Crippen molar-refractivity contribution in [1.29, 1.82) is 0 Å². The molecule has 3 N–H and O–H groups in total. The summed E-state index contributed by atoms with van der Waals surface area (Å²) in [6.07, 6.45) is -0.188. The molecule has 1 aromatic heterocycles. The highest BCUT2D eigenvalue weighted by molar-refractivity contribution is 7.80. The molecule has 0 aliphatic carbocycles. The van der Waals surface area contributed by atoms with Crippen LogP contribution in [0.15, 0.2) is 29.4 Å². The zero-order valence-electron chi connectivity index (χ0n) is 14.3. The molecule has 0 spiro atoms. The number of nitrogens with zero attached hydrogens (tertiary/aromatic N) is 5. The molecular weight excluding hydrogens is 390 g/mol. The van der Waals surface area contributed by atoms with Gasteiger partial charge in [0.1, 0.15) is 11.9 Å². The maximum absolute atomic E-state index is 5.87. The van der Waals surface area contributed by atoms with Crippen molar-refractivity contribution in [3.63, 3.8) is 0 Å². The van der Waals surface area contributed by atoms with Crippen LogP contribution >= 0.6 is 24.4 Å². The number of hydrogen-bond donors (Lipinski definition) is 2. The van der Waals surface area contributed by atoms with E-state index in [1.54, 1.807) is 16.5 Å². The lowest BCUT2D eigenvalue weighted by Gasteiger charge is -2.27. The molecule has 2 aromatic rings. The molecule has 0 unspecified atom stereocenters. The Morgan fingerprint density at radius 2 is 2.30 bits per heavy atom. The van der Waals surface area contributed by atoms with Gasteiger partial charge in [0.25, 0.3) is 0 Å². The molecule has 4 rings (SSSR count). The predicted molar refractivity (Wildman–Crippen MR) is 102 cm³/mol. The third-order valence-electron chi connectivity index (χ3n) is 4.35. The Balaban J connectivity index is 1.65. The van der Waals surface area contributed by atoms with Gasteiger partial charge in [0.15, 0.2) is 11.4 Å². The summed E-state index contributed by atoms with van der Waals surface area (Å²) >= 11 is 10.4. The molecule has 10 nitrogen and oxygen atoms in total. The topological polar surface area (TPSA) is 114 Å². The Morgan fingerprint density at radius 1 is 1.44 bits per heavy atom. The molecule has 2 aliphatic heterocycles. The Bertz CT molecular complexity index is 957. The van der Waals surface area contributed by atoms with Gasteiger partial charge in [0.2, 0.25) is 4.77 Å². The van der Waals surface area contributed by atoms with Gasteiger partial charge in [0, 0.05) is 12.5 Å². The lowest BCUT2D eigenvalue weighted by molar-refractivity contribution is -0.0324. The molecule has 142 valence electrons. The Kier molecular flexibility index (Phi) is 4.86. The highest BCUT2D eigenvalue weighted by atomic mass is 32.1. The summed E-state index contributed by atoms with van der Waals surface area (Å²) in [4.78, 5) is 0. The summed E-state index contributed by atoms with van der Waals surface area (Å²) in [6.45, 7) is 0.412. The number of thiocarbonyl (C=S) groups is 1. The van der Waals surface area contributed by atoms with Gasteiger partial charge in [-0.2, -0.15) is 9.78 Å². The van der Waals surface area contributed by atoms with E-state index in [1.165, 1.54) is 0 Å². The van der Waals surface area contributed by atoms with Crippen LogP contribution in [-0.2, 0) is 9.47 Å². The quantitative estimate of drug-likeness (QED) is 0.558. The smallest absolute Gasteiger partial charge is 0.221 e. The highest BCUT2D eigenvalue weighted by Crippen LogP contribution is 2.33. The van der Waals surface area contributed by atoms with E-state index in [-0.39, 0.29) is 17.3 Å². The van der Waals surface area contributed by atoms with Crippen molar-refractivity contribution in [1.82, 2.24) is 25.2 Å². The maximum Gasteiger partial charge on any atom is 0.221 e. The van der Waals surface area contributed by atoms with Gasteiger partial charge in [-0.1, -0.05) is 6.07 Å². The van der Waals surface area contributed by atoms with E-state index in [4.69, 9.17) is 44.4 Å². The fraction of sp³-hybridized carbons (Fsp3) is 0.400. The SMILES string of the molecule is COc1cccc(-n2nnn([C@@H]3C/C(=N\NC(N)=S)[C@H]4OC[C@@H]3O4)c2=S)c1. The number of tetrazole rings is 1. The van der Waals surface area contributed by atoms with Crippen LogP contribution in [0.4, 0.5) is 0 Å². The second kappa shape index (κ2) is 7.31. The largest absolute Gasteiger partial charge is 0.497 e. The number of rotatable bonds is 4. The third-order valence-corrected chi connectivity index (χ3v) is 4.81. The van der Waals surface area contributed by atoms with E-state index >= 15 is 0 Å². The van der Waals surface area contributed by atoms with Gasteiger partial charge in [0.05, 0.1) is 31.2 Å². The van der Waals surface area contributed by atoms with Crippen molar-refractivity contribution in [2.45, 2.75) is 24.9 Å². The average molecular weight is 407 g/mol. The van der Waals surface area contributed by atoms with Crippen LogP contribution < -0.4 is 15.9 Å². The minimum absolute atomic E-state index is 0.0692. The molecule has 2 saturated heterocycles. The zero-order valence-corrected chi connectivity index (χ0v) is 15.9. The van der Waals surface area contributed by atoms with Crippen LogP contribution in [0.5, 0.6) is 5.75 Å². The number of fused-ring (bicyclic) bond motifs is 2. The number of benzene rings is 1. The van der Waals surface area contributed by atoms with Gasteiger partial charge < -0.3 is 19.9 Å². The normalized spacial score (nSPS) is 25.5. The van der Waals surface area contributed by atoms with Gasteiger partial charge in [-0.05, 0) is 47.0 Å². The second-order valence-electron chi connectivity index (χ2n) is 6.01. The number of nitrogens with two attached hydrogens (primary N) is 1. The fourth-order valence-electron chi connectivity index (χ4n) is 3.08. The average Bonchev–Trinajstić information content (AvgIpc) is 3.26. The van der Waals surface area contributed by atoms with Crippen molar-refractivity contribution in [2.75, 3.05) is 13.7 Å². The van der Waals surface area contributed by atoms with Crippen molar-refractivity contribution in [3.8, 4) is 11.4 Å². The number of methoxy groups -OCH3 is 1. The number of nitrogens with one attached hydrogen (secondary N) is 1. The zero-order chi connectivity index (χ0) is 19.0. The summed E-state index contributed by atoms with van der Waals surface area (Å²) in [5, 5.41) is 12.7. The highest BCUT2D eigenvalue weighted by Gasteiger charge is 2.44. The van der Waals surface area contributed by atoms with E-state index in [2.05, 4.69) is 21.0 Å². The molecule has 0 radical (unpaired) electrons. The lowest BCUT2D eigenvalue weighted by Crippen LogP contribution is -2.39. The molecule has 0 saturated carbocycles. The molecule has 2 aliphatic rings. The first-order valence-corrected chi connectivity index (χ1v) is 8.96. The Morgan fingerprint density at radius 3 is 3.07 bits per heavy atom. The van der Waals surface area contributed by atoms with Gasteiger partial charge in [-0.15, -0.1) is 0 Å². The summed E-state index contributed by atoms with van der Waals surface area (Å²) < 4.78 is 20.4. The Hall–Kier alpha value is -2.41. The molecule has 12 heteroatoms. The summed E-state index contributed by atoms with van der Waals surface area (Å²) in [7, 11) is 1.60. The van der Waals surface area contributed by atoms with Crippen molar-refractivity contribution < 1.29 is 14.2 Å². The second-order valence-corrected chi connectivity index (χ2v) is 6.81. The molecule has 2 bridgehead atoms. The first kappa shape index (κ1) is 18.0. The number of hydrogen-bond acceptors (Lipinski definition) is 8. The first-order valence-electron chi connectivity index (χ1n) is 8.14. The molecule has 3 atom stereocenters. The van der Waals surface area contributed by atoms with E-state index < -0.39 is 6.29 Å². The first-order chi connectivity index (χ1) is 13.1. The van der Waals surface area contributed by atoms with Crippen LogP contribution in [-0.4, -0.2) is 56.7 Å².